The average Bonchev–Trinajstić information content (AvgIpc) is 2.35. The molecule has 0 unspecified atom stereocenters. The van der Waals surface area contributed by atoms with E-state index in [0.717, 1.165) is 13.2 Å². The summed E-state index contributed by atoms with van der Waals surface area (Å²) in [5, 5.41) is 20.0. The van der Waals surface area contributed by atoms with Gasteiger partial charge in [-0.05, 0) is 0 Å². The number of nitro groups is 1. The standard InChI is InChI=1S/C10H11NO7/c1-16-6-4-5(10(12)13)8(17-2)7(11(14)15)9(6)18-3/h4H,1-3H3,(H,12,13). The number of ether oxygens (including phenoxy) is 3. The molecule has 1 aromatic carbocycles. The van der Waals surface area contributed by atoms with Gasteiger partial charge in [-0.25, -0.2) is 4.79 Å². The molecule has 0 atom stereocenters. The van der Waals surface area contributed by atoms with Crippen molar-refractivity contribution in [2.24, 2.45) is 0 Å². The zero-order valence-electron chi connectivity index (χ0n) is 9.92. The maximum atomic E-state index is 11.0. The number of nitro benzene ring substituents is 1. The highest BCUT2D eigenvalue weighted by Gasteiger charge is 2.32. The average molecular weight is 257 g/mol. The largest absolute Gasteiger partial charge is 0.493 e. The van der Waals surface area contributed by atoms with Crippen LogP contribution in [0.2, 0.25) is 0 Å². The molecule has 1 N–H and O–H groups in total. The van der Waals surface area contributed by atoms with E-state index in [1.807, 2.05) is 0 Å². The van der Waals surface area contributed by atoms with E-state index in [0.29, 0.717) is 0 Å². The second-order valence-electron chi connectivity index (χ2n) is 3.10. The Morgan fingerprint density at radius 3 is 2.11 bits per heavy atom. The van der Waals surface area contributed by atoms with Gasteiger partial charge in [0.2, 0.25) is 11.5 Å². The fraction of sp³-hybridized carbons (Fsp3) is 0.300. The molecule has 98 valence electrons. The Bertz CT molecular complexity index is 497. The van der Waals surface area contributed by atoms with Crippen LogP contribution >= 0.6 is 0 Å². The van der Waals surface area contributed by atoms with Gasteiger partial charge in [0.15, 0.2) is 5.75 Å². The number of methoxy groups -OCH3 is 3. The third kappa shape index (κ3) is 2.12. The number of rotatable bonds is 5. The van der Waals surface area contributed by atoms with Crippen LogP contribution in [-0.2, 0) is 0 Å². The Balaban J connectivity index is 3.75. The minimum absolute atomic E-state index is 0.0533. The molecule has 0 aliphatic heterocycles. The zero-order chi connectivity index (χ0) is 13.9. The first-order valence-electron chi connectivity index (χ1n) is 4.68. The van der Waals surface area contributed by atoms with Crippen molar-refractivity contribution >= 4 is 11.7 Å². The first-order valence-corrected chi connectivity index (χ1v) is 4.68. The van der Waals surface area contributed by atoms with Crippen LogP contribution in [0.25, 0.3) is 0 Å². The van der Waals surface area contributed by atoms with Crippen molar-refractivity contribution in [3.05, 3.63) is 21.7 Å². The molecule has 0 heterocycles. The topological polar surface area (TPSA) is 108 Å². The van der Waals surface area contributed by atoms with Gasteiger partial charge in [0.05, 0.1) is 26.3 Å². The number of aromatic carboxylic acids is 1. The SMILES string of the molecule is COc1cc(C(=O)O)c(OC)c([N+](=O)[O-])c1OC. The Hall–Kier alpha value is -2.51. The number of hydrogen-bond donors (Lipinski definition) is 1. The van der Waals surface area contributed by atoms with Crippen LogP contribution < -0.4 is 14.2 Å². The van der Waals surface area contributed by atoms with Crippen molar-refractivity contribution in [2.45, 2.75) is 0 Å². The number of nitrogens with zero attached hydrogens (tertiary/aromatic N) is 1. The van der Waals surface area contributed by atoms with E-state index in [-0.39, 0.29) is 22.8 Å². The maximum Gasteiger partial charge on any atom is 0.357 e. The van der Waals surface area contributed by atoms with Gasteiger partial charge in [-0.1, -0.05) is 0 Å². The lowest BCUT2D eigenvalue weighted by Gasteiger charge is -2.12. The van der Waals surface area contributed by atoms with Gasteiger partial charge in [-0.3, -0.25) is 10.1 Å². The molecular formula is C10H11NO7. The third-order valence-corrected chi connectivity index (χ3v) is 2.22. The fourth-order valence-electron chi connectivity index (χ4n) is 1.49. The van der Waals surface area contributed by atoms with Crippen LogP contribution in [0.4, 0.5) is 5.69 Å². The van der Waals surface area contributed by atoms with Gasteiger partial charge in [-0.15, -0.1) is 0 Å². The molecule has 0 amide bonds. The summed E-state index contributed by atoms with van der Waals surface area (Å²) in [4.78, 5) is 21.2. The van der Waals surface area contributed by atoms with Crippen LogP contribution in [-0.4, -0.2) is 37.3 Å². The number of benzene rings is 1. The van der Waals surface area contributed by atoms with Gasteiger partial charge in [0.25, 0.3) is 0 Å². The summed E-state index contributed by atoms with van der Waals surface area (Å²) in [5.41, 5.74) is -0.960. The van der Waals surface area contributed by atoms with Crippen LogP contribution in [0.15, 0.2) is 6.07 Å². The second-order valence-corrected chi connectivity index (χ2v) is 3.10. The third-order valence-electron chi connectivity index (χ3n) is 2.22. The highest BCUT2D eigenvalue weighted by Crippen LogP contribution is 2.45. The molecule has 0 aliphatic carbocycles. The molecule has 1 rings (SSSR count). The molecule has 1 aromatic rings. The quantitative estimate of drug-likeness (QED) is 0.625. The summed E-state index contributed by atoms with van der Waals surface area (Å²) in [6.07, 6.45) is 0. The number of carbonyl (C=O) groups is 1. The summed E-state index contributed by atoms with van der Waals surface area (Å²) in [5.74, 6) is -1.99. The van der Waals surface area contributed by atoms with E-state index in [4.69, 9.17) is 19.3 Å². The molecule has 0 bridgehead atoms. The molecule has 8 nitrogen and oxygen atoms in total. The highest BCUT2D eigenvalue weighted by molar-refractivity contribution is 5.94. The van der Waals surface area contributed by atoms with Crippen molar-refractivity contribution in [2.75, 3.05) is 21.3 Å². The molecule has 18 heavy (non-hydrogen) atoms. The highest BCUT2D eigenvalue weighted by atomic mass is 16.6. The molecule has 0 spiro atoms. The summed E-state index contributed by atoms with van der Waals surface area (Å²) < 4.78 is 14.5. The van der Waals surface area contributed by atoms with E-state index in [1.54, 1.807) is 0 Å². The molecule has 0 saturated heterocycles. The minimum atomic E-state index is -1.36. The lowest BCUT2D eigenvalue weighted by Crippen LogP contribution is -2.06. The molecule has 0 aromatic heterocycles. The van der Waals surface area contributed by atoms with Gasteiger partial charge >= 0.3 is 11.7 Å². The first kappa shape index (κ1) is 13.6. The maximum absolute atomic E-state index is 11.0. The van der Waals surface area contributed by atoms with Crippen LogP contribution in [0.5, 0.6) is 17.2 Å². The van der Waals surface area contributed by atoms with Crippen molar-refractivity contribution in [1.82, 2.24) is 0 Å². The molecule has 0 fully saturated rings. The number of carboxylic acids is 1. The number of carboxylic acid groups (broad SMARTS) is 1. The van der Waals surface area contributed by atoms with Crippen molar-refractivity contribution in [3.63, 3.8) is 0 Å². The summed E-state index contributed by atoms with van der Waals surface area (Å²) in [6.45, 7) is 0. The number of hydrogen-bond acceptors (Lipinski definition) is 6. The monoisotopic (exact) mass is 257 g/mol. The first-order chi connectivity index (χ1) is 8.47. The Morgan fingerprint density at radius 1 is 1.22 bits per heavy atom. The van der Waals surface area contributed by atoms with E-state index in [2.05, 4.69) is 0 Å². The molecular weight excluding hydrogens is 246 g/mol. The van der Waals surface area contributed by atoms with Crippen molar-refractivity contribution in [3.8, 4) is 17.2 Å². The molecule has 8 heteroatoms. The predicted octanol–water partition coefficient (Wildman–Crippen LogP) is 1.32. The lowest BCUT2D eigenvalue weighted by atomic mass is 10.1. The summed E-state index contributed by atoms with van der Waals surface area (Å²) in [6, 6.07) is 1.10. The molecule has 0 radical (unpaired) electrons. The Morgan fingerprint density at radius 2 is 1.78 bits per heavy atom. The van der Waals surface area contributed by atoms with E-state index >= 15 is 0 Å². The van der Waals surface area contributed by atoms with Gasteiger partial charge in [-0.2, -0.15) is 0 Å². The van der Waals surface area contributed by atoms with Gasteiger partial charge in [0.1, 0.15) is 5.56 Å². The molecule has 0 saturated carbocycles. The normalized spacial score (nSPS) is 9.72. The van der Waals surface area contributed by atoms with Crippen LogP contribution in [0.1, 0.15) is 10.4 Å². The van der Waals surface area contributed by atoms with E-state index in [1.165, 1.54) is 14.2 Å². The molecule has 0 aliphatic rings. The van der Waals surface area contributed by atoms with E-state index in [9.17, 15) is 14.9 Å². The Kier molecular flexibility index (Phi) is 3.93. The van der Waals surface area contributed by atoms with Crippen molar-refractivity contribution in [1.29, 1.82) is 0 Å². The summed E-state index contributed by atoms with van der Waals surface area (Å²) >= 11 is 0. The van der Waals surface area contributed by atoms with E-state index < -0.39 is 16.6 Å². The van der Waals surface area contributed by atoms with Crippen LogP contribution in [0.3, 0.4) is 0 Å². The minimum Gasteiger partial charge on any atom is -0.493 e. The zero-order valence-corrected chi connectivity index (χ0v) is 9.92. The second kappa shape index (κ2) is 5.21. The van der Waals surface area contributed by atoms with Crippen molar-refractivity contribution < 1.29 is 29.0 Å². The Labute approximate surface area is 102 Å². The van der Waals surface area contributed by atoms with Gasteiger partial charge < -0.3 is 19.3 Å². The van der Waals surface area contributed by atoms with Crippen LogP contribution in [0, 0.1) is 10.1 Å². The fourth-order valence-corrected chi connectivity index (χ4v) is 1.49. The lowest BCUT2D eigenvalue weighted by molar-refractivity contribution is -0.386. The summed E-state index contributed by atoms with van der Waals surface area (Å²) in [7, 11) is 3.60. The smallest absolute Gasteiger partial charge is 0.357 e. The van der Waals surface area contributed by atoms with Gasteiger partial charge in [0, 0.05) is 6.07 Å². The predicted molar refractivity (Wildman–Crippen MR) is 59.7 cm³/mol.